The summed E-state index contributed by atoms with van der Waals surface area (Å²) in [4.78, 5) is 16.7. The molecule has 26 heavy (non-hydrogen) atoms. The fourth-order valence-corrected chi connectivity index (χ4v) is 3.97. The van der Waals surface area contributed by atoms with Crippen LogP contribution in [0.1, 0.15) is 41.7 Å². The van der Waals surface area contributed by atoms with Gasteiger partial charge in [-0.2, -0.15) is 5.10 Å². The van der Waals surface area contributed by atoms with Gasteiger partial charge in [-0.15, -0.1) is 0 Å². The average molecular weight is 377 g/mol. The number of carbonyl (C=O) groups excluding carboxylic acids is 1. The Morgan fingerprint density at radius 1 is 1.35 bits per heavy atom. The minimum absolute atomic E-state index is 0.0517. The van der Waals surface area contributed by atoms with Crippen LogP contribution < -0.4 is 5.32 Å². The van der Waals surface area contributed by atoms with Gasteiger partial charge in [-0.1, -0.05) is 0 Å². The normalized spacial score (nSPS) is 18.6. The van der Waals surface area contributed by atoms with Gasteiger partial charge >= 0.3 is 0 Å². The first-order valence-electron chi connectivity index (χ1n) is 8.62. The maximum atomic E-state index is 12.3. The molecule has 3 heterocycles. The second-order valence-electron chi connectivity index (χ2n) is 6.44. The number of nitrogens with zero attached hydrogens (tertiary/aromatic N) is 4. The third-order valence-corrected chi connectivity index (χ3v) is 5.80. The minimum atomic E-state index is -3.19. The van der Waals surface area contributed by atoms with Crippen molar-refractivity contribution >= 4 is 21.7 Å². The molecule has 0 spiro atoms. The highest BCUT2D eigenvalue weighted by Gasteiger charge is 2.27. The van der Waals surface area contributed by atoms with E-state index in [1.807, 2.05) is 6.92 Å². The van der Waals surface area contributed by atoms with Gasteiger partial charge in [-0.3, -0.25) is 14.5 Å². The van der Waals surface area contributed by atoms with Crippen LogP contribution in [0.25, 0.3) is 0 Å². The number of aromatic nitrogens is 3. The smallest absolute Gasteiger partial charge is 0.258 e. The van der Waals surface area contributed by atoms with E-state index in [0.717, 1.165) is 25.1 Å². The predicted octanol–water partition coefficient (Wildman–Crippen LogP) is 1.69. The van der Waals surface area contributed by atoms with Gasteiger partial charge in [-0.25, -0.2) is 12.7 Å². The van der Waals surface area contributed by atoms with E-state index in [1.54, 1.807) is 29.1 Å². The number of aryl methyl sites for hydroxylation is 1. The van der Waals surface area contributed by atoms with Crippen LogP contribution in [0.2, 0.25) is 0 Å². The first kappa shape index (κ1) is 18.5. The molecule has 1 amide bonds. The molecular formula is C17H23N5O3S. The van der Waals surface area contributed by atoms with Crippen molar-refractivity contribution in [1.82, 2.24) is 19.1 Å². The van der Waals surface area contributed by atoms with Crippen molar-refractivity contribution in [1.29, 1.82) is 0 Å². The standard InChI is InChI=1S/C17H23N5O3S/c1-3-21-10-8-16(20-21)19-17(23)13-6-7-15(18-11-13)14-5-4-9-22(12-14)26(2,24)25/h6-8,10-11,14H,3-5,9,12H2,1-2H3,(H,19,20,23)/t14-/m1/s1. The average Bonchev–Trinajstić information content (AvgIpc) is 3.09. The minimum Gasteiger partial charge on any atom is -0.305 e. The van der Waals surface area contributed by atoms with Crippen LogP contribution in [-0.2, 0) is 16.6 Å². The summed E-state index contributed by atoms with van der Waals surface area (Å²) >= 11 is 0. The van der Waals surface area contributed by atoms with E-state index in [2.05, 4.69) is 15.4 Å². The summed E-state index contributed by atoms with van der Waals surface area (Å²) in [5.74, 6) is 0.277. The molecule has 1 fully saturated rings. The molecule has 0 unspecified atom stereocenters. The Balaban J connectivity index is 1.67. The Morgan fingerprint density at radius 2 is 2.15 bits per heavy atom. The van der Waals surface area contributed by atoms with E-state index in [4.69, 9.17) is 0 Å². The fraction of sp³-hybridized carbons (Fsp3) is 0.471. The lowest BCUT2D eigenvalue weighted by atomic mass is 9.95. The van der Waals surface area contributed by atoms with Crippen LogP contribution in [0.15, 0.2) is 30.6 Å². The number of hydrogen-bond acceptors (Lipinski definition) is 5. The van der Waals surface area contributed by atoms with E-state index in [9.17, 15) is 13.2 Å². The summed E-state index contributed by atoms with van der Waals surface area (Å²) in [6.07, 6.45) is 6.26. The topological polar surface area (TPSA) is 97.2 Å². The molecule has 1 saturated heterocycles. The molecule has 2 aromatic heterocycles. The molecule has 3 rings (SSSR count). The van der Waals surface area contributed by atoms with E-state index in [-0.39, 0.29) is 11.8 Å². The van der Waals surface area contributed by atoms with Crippen molar-refractivity contribution in [2.75, 3.05) is 24.7 Å². The van der Waals surface area contributed by atoms with E-state index in [1.165, 1.54) is 16.8 Å². The van der Waals surface area contributed by atoms with Gasteiger partial charge in [0, 0.05) is 49.7 Å². The van der Waals surface area contributed by atoms with Crippen LogP contribution in [-0.4, -0.2) is 52.7 Å². The highest BCUT2D eigenvalue weighted by molar-refractivity contribution is 7.88. The lowest BCUT2D eigenvalue weighted by Gasteiger charge is -2.30. The van der Waals surface area contributed by atoms with Crippen molar-refractivity contribution in [3.8, 4) is 0 Å². The molecule has 2 aromatic rings. The molecule has 0 radical (unpaired) electrons. The molecular weight excluding hydrogens is 354 g/mol. The second-order valence-corrected chi connectivity index (χ2v) is 8.43. The zero-order valence-electron chi connectivity index (χ0n) is 14.9. The lowest BCUT2D eigenvalue weighted by Crippen LogP contribution is -2.38. The molecule has 0 aromatic carbocycles. The fourth-order valence-electron chi connectivity index (χ4n) is 3.06. The zero-order valence-corrected chi connectivity index (χ0v) is 15.7. The molecule has 1 aliphatic heterocycles. The summed E-state index contributed by atoms with van der Waals surface area (Å²) in [5, 5.41) is 6.96. The Morgan fingerprint density at radius 3 is 2.77 bits per heavy atom. The zero-order chi connectivity index (χ0) is 18.7. The molecule has 1 N–H and O–H groups in total. The van der Waals surface area contributed by atoms with Gasteiger partial charge in [0.2, 0.25) is 10.0 Å². The number of carbonyl (C=O) groups is 1. The Kier molecular flexibility index (Phi) is 5.38. The van der Waals surface area contributed by atoms with Gasteiger partial charge in [-0.05, 0) is 31.9 Å². The molecule has 140 valence electrons. The number of hydrogen-bond donors (Lipinski definition) is 1. The molecule has 0 aliphatic carbocycles. The summed E-state index contributed by atoms with van der Waals surface area (Å²) in [7, 11) is -3.19. The number of sulfonamides is 1. The van der Waals surface area contributed by atoms with Crippen molar-refractivity contribution in [2.45, 2.75) is 32.2 Å². The number of anilines is 1. The molecule has 1 atom stereocenters. The highest BCUT2D eigenvalue weighted by Crippen LogP contribution is 2.26. The summed E-state index contributed by atoms with van der Waals surface area (Å²) in [5.41, 5.74) is 1.25. The quantitative estimate of drug-likeness (QED) is 0.855. The second kappa shape index (κ2) is 7.55. The Labute approximate surface area is 153 Å². The van der Waals surface area contributed by atoms with Crippen LogP contribution in [0.4, 0.5) is 5.82 Å². The first-order valence-corrected chi connectivity index (χ1v) is 10.5. The van der Waals surface area contributed by atoms with E-state index >= 15 is 0 Å². The van der Waals surface area contributed by atoms with Gasteiger partial charge in [0.15, 0.2) is 5.82 Å². The predicted molar refractivity (Wildman–Crippen MR) is 98.5 cm³/mol. The van der Waals surface area contributed by atoms with Crippen LogP contribution in [0.5, 0.6) is 0 Å². The summed E-state index contributed by atoms with van der Waals surface area (Å²) < 4.78 is 26.7. The number of pyridine rings is 1. The SMILES string of the molecule is CCn1ccc(NC(=O)c2ccc([C@@H]3CCCN(S(C)(=O)=O)C3)nc2)n1. The van der Waals surface area contributed by atoms with Gasteiger partial charge < -0.3 is 5.32 Å². The molecule has 9 heteroatoms. The van der Waals surface area contributed by atoms with Crippen molar-refractivity contribution < 1.29 is 13.2 Å². The Bertz CT molecular complexity index is 876. The van der Waals surface area contributed by atoms with E-state index < -0.39 is 10.0 Å². The van der Waals surface area contributed by atoms with E-state index in [0.29, 0.717) is 24.5 Å². The van der Waals surface area contributed by atoms with Crippen LogP contribution >= 0.6 is 0 Å². The maximum absolute atomic E-state index is 12.3. The molecule has 0 saturated carbocycles. The molecule has 0 bridgehead atoms. The van der Waals surface area contributed by atoms with Gasteiger partial charge in [0.25, 0.3) is 5.91 Å². The monoisotopic (exact) mass is 377 g/mol. The van der Waals surface area contributed by atoms with Gasteiger partial charge in [0.1, 0.15) is 0 Å². The van der Waals surface area contributed by atoms with Gasteiger partial charge in [0.05, 0.1) is 11.8 Å². The Hall–Kier alpha value is -2.26. The third-order valence-electron chi connectivity index (χ3n) is 4.53. The summed E-state index contributed by atoms with van der Waals surface area (Å²) in [6.45, 7) is 3.70. The largest absolute Gasteiger partial charge is 0.305 e. The highest BCUT2D eigenvalue weighted by atomic mass is 32.2. The number of piperidine rings is 1. The van der Waals surface area contributed by atoms with Crippen molar-refractivity contribution in [3.63, 3.8) is 0 Å². The number of nitrogens with one attached hydrogen (secondary N) is 1. The molecule has 8 nitrogen and oxygen atoms in total. The molecule has 1 aliphatic rings. The number of amides is 1. The van der Waals surface area contributed by atoms with Crippen LogP contribution in [0, 0.1) is 0 Å². The maximum Gasteiger partial charge on any atom is 0.258 e. The first-order chi connectivity index (χ1) is 12.4. The number of rotatable bonds is 5. The summed E-state index contributed by atoms with van der Waals surface area (Å²) in [6, 6.07) is 5.26. The lowest BCUT2D eigenvalue weighted by molar-refractivity contribution is 0.102. The van der Waals surface area contributed by atoms with Crippen molar-refractivity contribution in [2.24, 2.45) is 0 Å². The third kappa shape index (κ3) is 4.28. The van der Waals surface area contributed by atoms with Crippen molar-refractivity contribution in [3.05, 3.63) is 41.9 Å². The van der Waals surface area contributed by atoms with Crippen LogP contribution in [0.3, 0.4) is 0 Å².